The van der Waals surface area contributed by atoms with Gasteiger partial charge in [-0.1, -0.05) is 38.5 Å². The van der Waals surface area contributed by atoms with Gasteiger partial charge in [0.2, 0.25) is 6.41 Å². The van der Waals surface area contributed by atoms with Gasteiger partial charge in [-0.3, -0.25) is 15.2 Å². The number of hydrogen-bond acceptors (Lipinski definition) is 5. The predicted molar refractivity (Wildman–Crippen MR) is 140 cm³/mol. The summed E-state index contributed by atoms with van der Waals surface area (Å²) >= 11 is 0. The van der Waals surface area contributed by atoms with Gasteiger partial charge in [0.25, 0.3) is 0 Å². The van der Waals surface area contributed by atoms with Crippen molar-refractivity contribution in [1.82, 2.24) is 16.0 Å². The molecule has 7 nitrogen and oxygen atoms in total. The standard InChI is InChI=1S/C26H40N6O/c1-7-9-14-24(30-21-12-10-11-13-21)31-23(8-2)32-26(20(6)27)25(28)19(5)15-16-22(18(3)4)29-17-33/h8-9,14-17,21,28,32H,3,7,10-13,27H2,1-2,4-6H3,(H,29,33)(H,30,31)/b14-9+,19-15+,22-16+,23-8+,26-20?,28-25?. The van der Waals surface area contributed by atoms with Crippen LogP contribution in [0.3, 0.4) is 0 Å². The van der Waals surface area contributed by atoms with E-state index >= 15 is 0 Å². The van der Waals surface area contributed by atoms with E-state index in [1.807, 2.05) is 26.0 Å². The van der Waals surface area contributed by atoms with Crippen molar-refractivity contribution in [3.05, 3.63) is 71.0 Å². The Morgan fingerprint density at radius 1 is 1.18 bits per heavy atom. The third kappa shape index (κ3) is 9.76. The average molecular weight is 453 g/mol. The molecule has 1 amide bonds. The molecule has 180 valence electrons. The highest BCUT2D eigenvalue weighted by Crippen LogP contribution is 2.21. The van der Waals surface area contributed by atoms with Crippen LogP contribution in [-0.2, 0) is 4.79 Å². The summed E-state index contributed by atoms with van der Waals surface area (Å²) in [6, 6.07) is 0.344. The van der Waals surface area contributed by atoms with Crippen molar-refractivity contribution in [2.24, 2.45) is 10.7 Å². The number of allylic oxidation sites excluding steroid dienone is 7. The van der Waals surface area contributed by atoms with Gasteiger partial charge in [-0.05, 0) is 76.3 Å². The summed E-state index contributed by atoms with van der Waals surface area (Å²) in [7, 11) is 0. The van der Waals surface area contributed by atoms with Crippen molar-refractivity contribution >= 4 is 18.0 Å². The van der Waals surface area contributed by atoms with Crippen LogP contribution in [0.5, 0.6) is 0 Å². The number of amides is 1. The lowest BCUT2D eigenvalue weighted by atomic mass is 10.1. The molecule has 0 unspecified atom stereocenters. The first-order chi connectivity index (χ1) is 15.7. The van der Waals surface area contributed by atoms with Crippen molar-refractivity contribution in [1.29, 1.82) is 5.41 Å². The van der Waals surface area contributed by atoms with Crippen LogP contribution in [-0.4, -0.2) is 24.0 Å². The van der Waals surface area contributed by atoms with Crippen LogP contribution in [0.2, 0.25) is 0 Å². The molecule has 33 heavy (non-hydrogen) atoms. The van der Waals surface area contributed by atoms with E-state index < -0.39 is 0 Å². The predicted octanol–water partition coefficient (Wildman–Crippen LogP) is 4.70. The summed E-state index contributed by atoms with van der Waals surface area (Å²) < 4.78 is 0. The molecule has 0 aromatic heterocycles. The molecule has 0 bridgehead atoms. The summed E-state index contributed by atoms with van der Waals surface area (Å²) in [5.41, 5.74) is 9.35. The van der Waals surface area contributed by atoms with Gasteiger partial charge in [0.1, 0.15) is 11.7 Å². The van der Waals surface area contributed by atoms with Gasteiger partial charge in [-0.25, -0.2) is 0 Å². The summed E-state index contributed by atoms with van der Waals surface area (Å²) in [5.74, 6) is 1.50. The highest BCUT2D eigenvalue weighted by atomic mass is 16.1. The Labute approximate surface area is 198 Å². The Bertz CT molecular complexity index is 892. The first-order valence-corrected chi connectivity index (χ1v) is 11.5. The molecule has 0 aromatic carbocycles. The summed E-state index contributed by atoms with van der Waals surface area (Å²) in [6.45, 7) is 13.2. The molecule has 0 radical (unpaired) electrons. The molecular formula is C26H40N6O. The molecule has 1 rings (SSSR count). The fourth-order valence-corrected chi connectivity index (χ4v) is 3.25. The van der Waals surface area contributed by atoms with E-state index in [0.29, 0.717) is 40.9 Å². The molecule has 1 aliphatic carbocycles. The smallest absolute Gasteiger partial charge is 0.211 e. The second kappa shape index (κ2) is 14.7. The molecule has 0 heterocycles. The number of nitrogens with one attached hydrogen (secondary N) is 4. The van der Waals surface area contributed by atoms with E-state index in [0.717, 1.165) is 30.7 Å². The van der Waals surface area contributed by atoms with Gasteiger partial charge >= 0.3 is 0 Å². The first kappa shape index (κ1) is 27.7. The van der Waals surface area contributed by atoms with Crippen LogP contribution in [0.25, 0.3) is 0 Å². The summed E-state index contributed by atoms with van der Waals surface area (Å²) in [6.07, 6.45) is 15.7. The Morgan fingerprint density at radius 3 is 2.36 bits per heavy atom. The molecule has 1 aliphatic rings. The number of nitrogens with zero attached hydrogens (tertiary/aromatic N) is 1. The van der Waals surface area contributed by atoms with Crippen molar-refractivity contribution < 1.29 is 4.79 Å². The largest absolute Gasteiger partial charge is 0.401 e. The molecule has 1 saturated carbocycles. The monoisotopic (exact) mass is 452 g/mol. The number of aliphatic imine (C=N–C) groups is 1. The number of hydrogen-bond donors (Lipinski definition) is 5. The first-order valence-electron chi connectivity index (χ1n) is 11.5. The van der Waals surface area contributed by atoms with Crippen LogP contribution in [0, 0.1) is 5.41 Å². The maximum Gasteiger partial charge on any atom is 0.211 e. The summed E-state index contributed by atoms with van der Waals surface area (Å²) in [5, 5.41) is 17.9. The van der Waals surface area contributed by atoms with Crippen LogP contribution in [0.1, 0.15) is 66.7 Å². The Balaban J connectivity index is 3.09. The van der Waals surface area contributed by atoms with Gasteiger partial charge in [0.05, 0.1) is 17.5 Å². The minimum Gasteiger partial charge on any atom is -0.401 e. The van der Waals surface area contributed by atoms with Gasteiger partial charge in [-0.2, -0.15) is 0 Å². The number of carbonyl (C=O) groups excluding carboxylic acids is 1. The van der Waals surface area contributed by atoms with Gasteiger partial charge in [0, 0.05) is 11.4 Å². The van der Waals surface area contributed by atoms with Gasteiger partial charge in [-0.15, -0.1) is 0 Å². The Hall–Kier alpha value is -3.35. The van der Waals surface area contributed by atoms with E-state index in [2.05, 4.69) is 35.5 Å². The zero-order valence-electron chi connectivity index (χ0n) is 20.7. The summed E-state index contributed by atoms with van der Waals surface area (Å²) in [4.78, 5) is 15.7. The Kier molecular flexibility index (Phi) is 12.3. The van der Waals surface area contributed by atoms with E-state index in [1.165, 1.54) is 12.8 Å². The topological polar surface area (TPSA) is 115 Å². The zero-order valence-corrected chi connectivity index (χ0v) is 20.7. The molecular weight excluding hydrogens is 412 g/mol. The maximum absolute atomic E-state index is 10.8. The molecule has 0 aliphatic heterocycles. The van der Waals surface area contributed by atoms with E-state index in [-0.39, 0.29) is 5.71 Å². The van der Waals surface area contributed by atoms with Crippen LogP contribution < -0.4 is 21.7 Å². The number of amidine groups is 1. The van der Waals surface area contributed by atoms with E-state index in [9.17, 15) is 4.79 Å². The minimum absolute atomic E-state index is 0.248. The molecule has 0 atom stereocenters. The normalized spacial score (nSPS) is 17.1. The number of nitrogens with two attached hydrogens (primary N) is 1. The highest BCUT2D eigenvalue weighted by molar-refractivity contribution is 6.10. The lowest BCUT2D eigenvalue weighted by Gasteiger charge is -2.19. The second-order valence-corrected chi connectivity index (χ2v) is 8.12. The third-order valence-corrected chi connectivity index (χ3v) is 5.18. The Morgan fingerprint density at radius 2 is 1.85 bits per heavy atom. The fraction of sp³-hybridized carbons (Fsp3) is 0.423. The highest BCUT2D eigenvalue weighted by Gasteiger charge is 2.15. The molecule has 0 spiro atoms. The molecule has 1 fully saturated rings. The minimum atomic E-state index is 0.248. The van der Waals surface area contributed by atoms with Crippen molar-refractivity contribution in [3.8, 4) is 0 Å². The number of rotatable bonds is 12. The van der Waals surface area contributed by atoms with E-state index in [1.54, 1.807) is 26.0 Å². The van der Waals surface area contributed by atoms with Gasteiger partial charge < -0.3 is 21.7 Å². The maximum atomic E-state index is 10.8. The molecule has 6 N–H and O–H groups in total. The van der Waals surface area contributed by atoms with E-state index in [4.69, 9.17) is 16.1 Å². The van der Waals surface area contributed by atoms with Crippen LogP contribution >= 0.6 is 0 Å². The van der Waals surface area contributed by atoms with Gasteiger partial charge in [0.15, 0.2) is 0 Å². The SMILES string of the molecule is C=C(C)/C(=C\C=C(/C)C(=N)C(N/C(=C/C)NC(/C=C/CC)=NC1CCCC1)=C(C)N)NC=O. The fourth-order valence-electron chi connectivity index (χ4n) is 3.25. The van der Waals surface area contributed by atoms with Crippen molar-refractivity contribution in [2.45, 2.75) is 72.8 Å². The van der Waals surface area contributed by atoms with Crippen LogP contribution in [0.15, 0.2) is 76.0 Å². The molecule has 7 heteroatoms. The van der Waals surface area contributed by atoms with Crippen molar-refractivity contribution in [3.63, 3.8) is 0 Å². The molecule has 0 aromatic rings. The van der Waals surface area contributed by atoms with Crippen molar-refractivity contribution in [2.75, 3.05) is 0 Å². The zero-order chi connectivity index (χ0) is 24.8. The molecule has 0 saturated heterocycles. The second-order valence-electron chi connectivity index (χ2n) is 8.12. The lowest BCUT2D eigenvalue weighted by molar-refractivity contribution is -0.108. The lowest BCUT2D eigenvalue weighted by Crippen LogP contribution is -2.34. The van der Waals surface area contributed by atoms with Crippen LogP contribution in [0.4, 0.5) is 0 Å². The third-order valence-electron chi connectivity index (χ3n) is 5.18. The number of carbonyl (C=O) groups is 1. The average Bonchev–Trinajstić information content (AvgIpc) is 3.29. The quantitative estimate of drug-likeness (QED) is 0.128.